The van der Waals surface area contributed by atoms with Gasteiger partial charge in [-0.2, -0.15) is 0 Å². The summed E-state index contributed by atoms with van der Waals surface area (Å²) in [5, 5.41) is 4.06. The van der Waals surface area contributed by atoms with Gasteiger partial charge in [0.2, 0.25) is 0 Å². The maximum atomic E-state index is 12.6. The van der Waals surface area contributed by atoms with Crippen molar-refractivity contribution in [3.63, 3.8) is 0 Å². The van der Waals surface area contributed by atoms with Crippen LogP contribution in [0.5, 0.6) is 0 Å². The van der Waals surface area contributed by atoms with Crippen molar-refractivity contribution in [1.82, 2.24) is 0 Å². The van der Waals surface area contributed by atoms with Crippen molar-refractivity contribution in [3.8, 4) is 0 Å². The lowest BCUT2D eigenvalue weighted by molar-refractivity contribution is 0.0600. The fourth-order valence-electron chi connectivity index (χ4n) is 2.65. The van der Waals surface area contributed by atoms with E-state index in [0.29, 0.717) is 21.9 Å². The SMILES string of the molecule is COC(=O)c1ccc(NC(=O)c2oc3c(Cl)cccc3c2C)c(C)c1. The van der Waals surface area contributed by atoms with Gasteiger partial charge in [-0.1, -0.05) is 23.7 Å². The first-order valence-corrected chi connectivity index (χ1v) is 7.98. The summed E-state index contributed by atoms with van der Waals surface area (Å²) in [4.78, 5) is 24.2. The molecule has 3 aromatic rings. The van der Waals surface area contributed by atoms with Crippen LogP contribution >= 0.6 is 11.6 Å². The molecule has 0 bridgehead atoms. The second kappa shape index (κ2) is 6.61. The highest BCUT2D eigenvalue weighted by Gasteiger charge is 2.20. The third kappa shape index (κ3) is 3.10. The number of hydrogen-bond acceptors (Lipinski definition) is 4. The number of benzene rings is 2. The molecule has 0 atom stereocenters. The molecule has 1 amide bonds. The smallest absolute Gasteiger partial charge is 0.337 e. The van der Waals surface area contributed by atoms with Crippen LogP contribution in [0.3, 0.4) is 0 Å². The molecule has 1 heterocycles. The zero-order chi connectivity index (χ0) is 18.1. The quantitative estimate of drug-likeness (QED) is 0.687. The maximum Gasteiger partial charge on any atom is 0.337 e. The van der Waals surface area contributed by atoms with E-state index in [2.05, 4.69) is 10.1 Å². The fourth-order valence-corrected chi connectivity index (χ4v) is 2.87. The van der Waals surface area contributed by atoms with E-state index in [1.54, 1.807) is 31.2 Å². The van der Waals surface area contributed by atoms with Crippen LogP contribution in [0.15, 0.2) is 40.8 Å². The number of aryl methyl sites for hydroxylation is 2. The number of para-hydroxylation sites is 1. The van der Waals surface area contributed by atoms with Gasteiger partial charge in [-0.3, -0.25) is 4.79 Å². The summed E-state index contributed by atoms with van der Waals surface area (Å²) in [6, 6.07) is 10.3. The molecule has 0 spiro atoms. The number of esters is 1. The number of nitrogens with one attached hydrogen (secondary N) is 1. The van der Waals surface area contributed by atoms with Crippen molar-refractivity contribution in [1.29, 1.82) is 0 Å². The van der Waals surface area contributed by atoms with Gasteiger partial charge in [0, 0.05) is 16.6 Å². The number of carbonyl (C=O) groups is 2. The van der Waals surface area contributed by atoms with E-state index < -0.39 is 5.97 Å². The van der Waals surface area contributed by atoms with Gasteiger partial charge in [0.1, 0.15) is 0 Å². The zero-order valence-electron chi connectivity index (χ0n) is 14.0. The van der Waals surface area contributed by atoms with Gasteiger partial charge in [0.15, 0.2) is 11.3 Å². The van der Waals surface area contributed by atoms with Gasteiger partial charge in [-0.25, -0.2) is 4.79 Å². The summed E-state index contributed by atoms with van der Waals surface area (Å²) < 4.78 is 10.4. The lowest BCUT2D eigenvalue weighted by atomic mass is 10.1. The number of methoxy groups -OCH3 is 1. The molecule has 0 aliphatic rings. The van der Waals surface area contributed by atoms with Gasteiger partial charge < -0.3 is 14.5 Å². The molecular weight excluding hydrogens is 342 g/mol. The number of anilines is 1. The van der Waals surface area contributed by atoms with Gasteiger partial charge in [0.25, 0.3) is 5.91 Å². The Labute approximate surface area is 149 Å². The predicted molar refractivity (Wildman–Crippen MR) is 96.4 cm³/mol. The van der Waals surface area contributed by atoms with E-state index in [9.17, 15) is 9.59 Å². The summed E-state index contributed by atoms with van der Waals surface area (Å²) in [7, 11) is 1.32. The van der Waals surface area contributed by atoms with Crippen molar-refractivity contribution in [2.24, 2.45) is 0 Å². The van der Waals surface area contributed by atoms with Crippen LogP contribution < -0.4 is 5.32 Å². The number of hydrogen-bond donors (Lipinski definition) is 1. The number of furan rings is 1. The van der Waals surface area contributed by atoms with E-state index in [-0.39, 0.29) is 11.7 Å². The van der Waals surface area contributed by atoms with E-state index >= 15 is 0 Å². The van der Waals surface area contributed by atoms with Crippen molar-refractivity contribution in [2.45, 2.75) is 13.8 Å². The molecule has 1 aromatic heterocycles. The molecule has 6 heteroatoms. The van der Waals surface area contributed by atoms with Crippen molar-refractivity contribution in [2.75, 3.05) is 12.4 Å². The number of fused-ring (bicyclic) bond motifs is 1. The van der Waals surface area contributed by atoms with Crippen LogP contribution in [0.2, 0.25) is 5.02 Å². The van der Waals surface area contributed by atoms with Gasteiger partial charge in [-0.05, 0) is 43.7 Å². The maximum absolute atomic E-state index is 12.6. The van der Waals surface area contributed by atoms with Crippen molar-refractivity contribution < 1.29 is 18.7 Å². The molecule has 0 radical (unpaired) electrons. The van der Waals surface area contributed by atoms with Crippen molar-refractivity contribution in [3.05, 3.63) is 63.9 Å². The number of amides is 1. The molecule has 0 aliphatic heterocycles. The summed E-state index contributed by atoms with van der Waals surface area (Å²) in [5.41, 5.74) is 2.96. The predicted octanol–water partition coefficient (Wildman–Crippen LogP) is 4.74. The monoisotopic (exact) mass is 357 g/mol. The summed E-state index contributed by atoms with van der Waals surface area (Å²) >= 11 is 6.12. The standard InChI is InChI=1S/C19H16ClNO4/c1-10-9-12(19(23)24-3)7-8-15(10)21-18(22)16-11(2)13-5-4-6-14(20)17(13)25-16/h4-9H,1-3H3,(H,21,22). The third-order valence-corrected chi connectivity index (χ3v) is 4.32. The molecule has 0 fully saturated rings. The van der Waals surface area contributed by atoms with E-state index in [0.717, 1.165) is 16.5 Å². The average molecular weight is 358 g/mol. The number of halogens is 1. The van der Waals surface area contributed by atoms with Crippen LogP contribution in [0.25, 0.3) is 11.0 Å². The Kier molecular flexibility index (Phi) is 4.51. The average Bonchev–Trinajstić information content (AvgIpc) is 2.94. The molecule has 5 nitrogen and oxygen atoms in total. The minimum absolute atomic E-state index is 0.208. The van der Waals surface area contributed by atoms with Gasteiger partial charge in [-0.15, -0.1) is 0 Å². The minimum Gasteiger partial charge on any atom is -0.465 e. The van der Waals surface area contributed by atoms with Crippen LogP contribution in [0.1, 0.15) is 32.0 Å². The molecule has 1 N–H and O–H groups in total. The number of carbonyl (C=O) groups excluding carboxylic acids is 2. The molecule has 0 aliphatic carbocycles. The topological polar surface area (TPSA) is 68.5 Å². The van der Waals surface area contributed by atoms with Crippen LogP contribution in [0, 0.1) is 13.8 Å². The lowest BCUT2D eigenvalue weighted by Gasteiger charge is -2.09. The Bertz CT molecular complexity index is 990. The first-order chi connectivity index (χ1) is 11.9. The Morgan fingerprint density at radius 3 is 2.56 bits per heavy atom. The Hall–Kier alpha value is -2.79. The van der Waals surface area contributed by atoms with E-state index in [4.69, 9.17) is 16.0 Å². The Morgan fingerprint density at radius 1 is 1.16 bits per heavy atom. The molecule has 2 aromatic carbocycles. The minimum atomic E-state index is -0.427. The summed E-state index contributed by atoms with van der Waals surface area (Å²) in [6.45, 7) is 3.61. The molecule has 0 unspecified atom stereocenters. The third-order valence-electron chi connectivity index (χ3n) is 4.02. The van der Waals surface area contributed by atoms with Crippen molar-refractivity contribution >= 4 is 40.1 Å². The highest BCUT2D eigenvalue weighted by Crippen LogP contribution is 2.31. The van der Waals surface area contributed by atoms with E-state index in [1.165, 1.54) is 7.11 Å². The Morgan fingerprint density at radius 2 is 1.92 bits per heavy atom. The normalized spacial score (nSPS) is 10.7. The van der Waals surface area contributed by atoms with Crippen LogP contribution in [-0.4, -0.2) is 19.0 Å². The highest BCUT2D eigenvalue weighted by atomic mass is 35.5. The number of rotatable bonds is 3. The first kappa shape index (κ1) is 17.0. The molecule has 3 rings (SSSR count). The number of ether oxygens (including phenoxy) is 1. The summed E-state index contributed by atoms with van der Waals surface area (Å²) in [5.74, 6) is -0.595. The van der Waals surface area contributed by atoms with Gasteiger partial charge in [0.05, 0.1) is 17.7 Å². The first-order valence-electron chi connectivity index (χ1n) is 7.60. The Balaban J connectivity index is 1.92. The zero-order valence-corrected chi connectivity index (χ0v) is 14.7. The fraction of sp³-hybridized carbons (Fsp3) is 0.158. The molecule has 128 valence electrons. The highest BCUT2D eigenvalue weighted by molar-refractivity contribution is 6.35. The lowest BCUT2D eigenvalue weighted by Crippen LogP contribution is -2.13. The molecule has 25 heavy (non-hydrogen) atoms. The second-order valence-corrected chi connectivity index (χ2v) is 6.06. The molecular formula is C19H16ClNO4. The summed E-state index contributed by atoms with van der Waals surface area (Å²) in [6.07, 6.45) is 0. The van der Waals surface area contributed by atoms with Crippen LogP contribution in [0.4, 0.5) is 5.69 Å². The van der Waals surface area contributed by atoms with E-state index in [1.807, 2.05) is 19.1 Å². The molecule has 0 saturated heterocycles. The largest absolute Gasteiger partial charge is 0.465 e. The van der Waals surface area contributed by atoms with Crippen LogP contribution in [-0.2, 0) is 4.74 Å². The van der Waals surface area contributed by atoms with Gasteiger partial charge >= 0.3 is 5.97 Å². The molecule has 0 saturated carbocycles. The second-order valence-electron chi connectivity index (χ2n) is 5.65.